The summed E-state index contributed by atoms with van der Waals surface area (Å²) in [5.74, 6) is -2.60. The zero-order chi connectivity index (χ0) is 56.4. The van der Waals surface area contributed by atoms with Gasteiger partial charge in [-0.05, 0) is 126 Å². The van der Waals surface area contributed by atoms with Gasteiger partial charge in [0.1, 0.15) is 11.5 Å². The quantitative estimate of drug-likeness (QED) is 0.0184. The summed E-state index contributed by atoms with van der Waals surface area (Å²) in [5, 5.41) is 34.5. The van der Waals surface area contributed by atoms with E-state index < -0.39 is 49.0 Å². The molecule has 0 aliphatic rings. The van der Waals surface area contributed by atoms with E-state index in [1.165, 1.54) is 87.8 Å². The van der Waals surface area contributed by atoms with Gasteiger partial charge in [-0.3, -0.25) is 4.18 Å². The van der Waals surface area contributed by atoms with E-state index in [0.717, 1.165) is 30.7 Å². The second-order valence-electron chi connectivity index (χ2n) is 13.9. The van der Waals surface area contributed by atoms with Crippen LogP contribution in [-0.2, 0) is 56.7 Å². The van der Waals surface area contributed by atoms with Crippen molar-refractivity contribution in [2.45, 2.75) is 80.1 Å². The van der Waals surface area contributed by atoms with Gasteiger partial charge in [0.25, 0.3) is 10.1 Å². The number of rotatable bonds is 26. The number of phenols is 2. The maximum absolute atomic E-state index is 11.5. The van der Waals surface area contributed by atoms with Crippen LogP contribution in [0, 0.1) is 0 Å². The van der Waals surface area contributed by atoms with Gasteiger partial charge in [-0.2, -0.15) is 8.42 Å². The van der Waals surface area contributed by atoms with Gasteiger partial charge in [0.15, 0.2) is 0 Å². The molecule has 2 aromatic rings. The first-order chi connectivity index (χ1) is 33.8. The third kappa shape index (κ3) is 60.8. The molecule has 0 unspecified atom stereocenters. The Labute approximate surface area is 432 Å². The summed E-state index contributed by atoms with van der Waals surface area (Å²) in [6.45, 7) is 31.4. The van der Waals surface area contributed by atoms with Crippen molar-refractivity contribution < 1.29 is 84.4 Å². The summed E-state index contributed by atoms with van der Waals surface area (Å²) in [6.07, 6.45) is 8.90. The Bertz CT molecular complexity index is 1930. The van der Waals surface area contributed by atoms with E-state index in [-0.39, 0.29) is 50.1 Å². The number of carbonyl (C=O) groups excluding carboxylic acids is 4. The number of aromatic hydroxyl groups is 2. The van der Waals surface area contributed by atoms with Crippen molar-refractivity contribution in [1.29, 1.82) is 0 Å². The molecule has 0 fully saturated rings. The lowest BCUT2D eigenvalue weighted by atomic mass is 10.2. The van der Waals surface area contributed by atoms with Crippen LogP contribution < -0.4 is 0 Å². The maximum atomic E-state index is 11.5. The van der Waals surface area contributed by atoms with Gasteiger partial charge in [0.05, 0.1) is 56.7 Å². The third-order valence-electron chi connectivity index (χ3n) is 8.29. The van der Waals surface area contributed by atoms with Crippen LogP contribution in [0.4, 0.5) is 0 Å². The van der Waals surface area contributed by atoms with Crippen molar-refractivity contribution >= 4 is 59.7 Å². The molecule has 0 aliphatic heterocycles. The molecule has 0 aromatic heterocycles. The van der Waals surface area contributed by atoms with Crippen LogP contribution >= 0.6 is 10.7 Å². The largest absolute Gasteiger partial charge is 0.508 e. The molecule has 23 heteroatoms. The first-order valence-corrected chi connectivity index (χ1v) is 27.5. The van der Waals surface area contributed by atoms with Crippen molar-refractivity contribution in [3.8, 4) is 11.5 Å². The molecule has 0 saturated carbocycles. The van der Waals surface area contributed by atoms with Gasteiger partial charge < -0.3 is 49.2 Å². The molecule has 0 saturated heterocycles. The van der Waals surface area contributed by atoms with Crippen molar-refractivity contribution in [2.24, 2.45) is 0 Å². The monoisotopic (exact) mass is 1080 g/mol. The summed E-state index contributed by atoms with van der Waals surface area (Å²) in [4.78, 5) is 58.1. The zero-order valence-corrected chi connectivity index (χ0v) is 45.7. The highest BCUT2D eigenvalue weighted by Crippen LogP contribution is 2.11. The van der Waals surface area contributed by atoms with Crippen molar-refractivity contribution in [1.82, 2.24) is 9.80 Å². The number of carboxylic acid groups (broad SMARTS) is 1. The van der Waals surface area contributed by atoms with E-state index in [2.05, 4.69) is 95.4 Å². The number of aliphatic hydroxyl groups is 1. The van der Waals surface area contributed by atoms with Crippen LogP contribution in [0.25, 0.3) is 0 Å². The number of unbranched alkanes of at least 4 members (excludes halogenated alkanes) is 3. The number of nitrogens with zero attached hydrogens (tertiary/aromatic N) is 2. The van der Waals surface area contributed by atoms with E-state index in [1.54, 1.807) is 0 Å². The topological polar surface area (TPSA) is 287 Å². The summed E-state index contributed by atoms with van der Waals surface area (Å²) in [5.41, 5.74) is 0.564. The van der Waals surface area contributed by atoms with Gasteiger partial charge in [0.2, 0.25) is 9.05 Å². The minimum atomic E-state index is -3.36. The lowest BCUT2D eigenvalue weighted by Crippen LogP contribution is -2.21. The minimum Gasteiger partial charge on any atom is -0.508 e. The van der Waals surface area contributed by atoms with Gasteiger partial charge in [-0.25, -0.2) is 32.4 Å². The van der Waals surface area contributed by atoms with Crippen LogP contribution in [0.1, 0.15) is 101 Å². The predicted molar refractivity (Wildman–Crippen MR) is 280 cm³/mol. The molecule has 4 N–H and O–H groups in total. The van der Waals surface area contributed by atoms with Gasteiger partial charge >= 0.3 is 29.8 Å². The predicted octanol–water partition coefficient (Wildman–Crippen LogP) is 6.99. The molecular formula is C49H81ClN2O18S2. The lowest BCUT2D eigenvalue weighted by Gasteiger charge is -2.13. The molecule has 0 aliphatic carbocycles. The van der Waals surface area contributed by atoms with E-state index in [9.17, 15) is 40.8 Å². The number of hydrogen-bond acceptors (Lipinski definition) is 19. The van der Waals surface area contributed by atoms with Crippen molar-refractivity contribution in [3.63, 3.8) is 0 Å². The van der Waals surface area contributed by atoms with Crippen LogP contribution in [-0.4, -0.2) is 168 Å². The van der Waals surface area contributed by atoms with Crippen molar-refractivity contribution in [2.75, 3.05) is 91.4 Å². The molecule has 2 aromatic carbocycles. The minimum absolute atomic E-state index is 0.0741. The molecule has 0 spiro atoms. The van der Waals surface area contributed by atoms with E-state index in [1.807, 2.05) is 0 Å². The van der Waals surface area contributed by atoms with Crippen LogP contribution in [0.15, 0.2) is 86.5 Å². The average molecular weight is 1090 g/mol. The fraction of sp³-hybridized carbons (Fsp3) is 0.531. The van der Waals surface area contributed by atoms with E-state index in [0.29, 0.717) is 50.7 Å². The standard InChI is InChI=1S/C14H16O5.C8H14O5S.C7H6O3.C7H12O3.2C6H15N.CH3ClO2S/c1-2-13(16)18-9-3-4-10-19-14(17)11-5-7-12(15)8-6-11;1-3-8(9)12-6-4-5-7-13-14(2,10)11;8-6-3-1-5(2-4-6)7(9)10;1-2-7(9)10-6-4-3-5-8;2*1-4-7(5-2)6-3;1-5(2,3)4/h2,5-8,15H,1,3-4,9-10H2;3H,1,4-7H2,2H3;1-4,8H,(H,9,10);2,8H,1,3-6H2;2*4-6H2,1-3H3;1H3. The Morgan fingerprint density at radius 2 is 0.806 bits per heavy atom. The Hall–Kier alpha value is -5.36. The number of esters is 4. The number of carboxylic acids is 1. The smallest absolute Gasteiger partial charge is 0.338 e. The fourth-order valence-corrected chi connectivity index (χ4v) is 4.74. The number of aromatic carboxylic acids is 1. The highest BCUT2D eigenvalue weighted by molar-refractivity contribution is 8.13. The molecule has 20 nitrogen and oxygen atoms in total. The number of carbonyl (C=O) groups is 5. The first kappa shape index (κ1) is 75.6. The van der Waals surface area contributed by atoms with E-state index in [4.69, 9.17) is 29.9 Å². The zero-order valence-electron chi connectivity index (χ0n) is 43.3. The molecule has 0 atom stereocenters. The number of halogens is 1. The molecular weight excluding hydrogens is 1000 g/mol. The van der Waals surface area contributed by atoms with Crippen LogP contribution in [0.2, 0.25) is 0 Å². The Balaban J connectivity index is -0.000000253. The second-order valence-corrected chi connectivity index (χ2v) is 18.6. The molecule has 0 amide bonds. The summed E-state index contributed by atoms with van der Waals surface area (Å²) in [6, 6.07) is 11.2. The molecule has 414 valence electrons. The molecule has 72 heavy (non-hydrogen) atoms. The van der Waals surface area contributed by atoms with E-state index >= 15 is 0 Å². The molecule has 2 rings (SSSR count). The molecule has 0 radical (unpaired) electrons. The van der Waals surface area contributed by atoms with Gasteiger partial charge in [-0.15, -0.1) is 0 Å². The lowest BCUT2D eigenvalue weighted by molar-refractivity contribution is -0.138. The number of ether oxygens (including phenoxy) is 4. The summed E-state index contributed by atoms with van der Waals surface area (Å²) < 4.78 is 63.3. The SMILES string of the molecule is C=CC(=O)OCCCCO.C=CC(=O)OCCCCOC(=O)c1ccc(O)cc1.C=CC(=O)OCCCCOS(C)(=O)=O.CCN(CC)CC.CCN(CC)CC.CS(=O)(=O)Cl.O=C(O)c1ccc(O)cc1. The number of aliphatic hydroxyl groups excluding tert-OH is 1. The fourth-order valence-electron chi connectivity index (χ4n) is 4.32. The Morgan fingerprint density at radius 1 is 0.528 bits per heavy atom. The van der Waals surface area contributed by atoms with Crippen LogP contribution in [0.3, 0.4) is 0 Å². The molecule has 0 bridgehead atoms. The third-order valence-corrected chi connectivity index (χ3v) is 8.89. The highest BCUT2D eigenvalue weighted by Gasteiger charge is 2.07. The number of benzene rings is 2. The second kappa shape index (κ2) is 50.6. The van der Waals surface area contributed by atoms with Gasteiger partial charge in [0, 0.05) is 35.5 Å². The maximum Gasteiger partial charge on any atom is 0.338 e. The highest BCUT2D eigenvalue weighted by atomic mass is 35.7. The Kier molecular flexibility index (Phi) is 53.1. The molecule has 0 heterocycles. The normalized spacial score (nSPS) is 10.0. The van der Waals surface area contributed by atoms with Crippen molar-refractivity contribution in [3.05, 3.63) is 97.6 Å². The first-order valence-electron chi connectivity index (χ1n) is 22.9. The van der Waals surface area contributed by atoms with Gasteiger partial charge in [-0.1, -0.05) is 61.3 Å². The number of hydrogen-bond donors (Lipinski definition) is 4. The summed E-state index contributed by atoms with van der Waals surface area (Å²) in [7, 11) is -2.05. The average Bonchev–Trinajstić information content (AvgIpc) is 3.34. The number of phenolic OH excluding ortho intramolecular Hbond substituents is 2. The Morgan fingerprint density at radius 3 is 1.06 bits per heavy atom. The summed E-state index contributed by atoms with van der Waals surface area (Å²) >= 11 is 0. The van der Waals surface area contributed by atoms with Crippen LogP contribution in [0.5, 0.6) is 11.5 Å².